The summed E-state index contributed by atoms with van der Waals surface area (Å²) >= 11 is 4.87. The van der Waals surface area contributed by atoms with Gasteiger partial charge in [-0.25, -0.2) is 4.39 Å². The molecule has 18 heavy (non-hydrogen) atoms. The summed E-state index contributed by atoms with van der Waals surface area (Å²) in [4.78, 5) is 4.04. The van der Waals surface area contributed by atoms with E-state index in [1.807, 2.05) is 0 Å². The fourth-order valence-corrected chi connectivity index (χ4v) is 1.65. The molecule has 1 aromatic carbocycles. The molecule has 0 saturated carbocycles. The lowest BCUT2D eigenvalue weighted by atomic mass is 10.1. The molecule has 0 aliphatic rings. The van der Waals surface area contributed by atoms with Crippen LogP contribution in [-0.4, -0.2) is 21.7 Å². The van der Waals surface area contributed by atoms with Crippen LogP contribution < -0.4 is 11.1 Å². The van der Waals surface area contributed by atoms with E-state index in [1.165, 1.54) is 18.5 Å². The summed E-state index contributed by atoms with van der Waals surface area (Å²) in [5.74, 6) is 0.225. The Balaban J connectivity index is 2.02. The Bertz CT molecular complexity index is 544. The molecule has 7 heteroatoms. The van der Waals surface area contributed by atoms with Crippen LogP contribution >= 0.6 is 12.2 Å². The molecule has 3 N–H and O–H groups in total. The fraction of sp³-hybridized carbons (Fsp3) is 0.182. The van der Waals surface area contributed by atoms with Gasteiger partial charge in [-0.1, -0.05) is 17.4 Å². The molecule has 0 unspecified atom stereocenters. The minimum absolute atomic E-state index is 0.150. The van der Waals surface area contributed by atoms with E-state index in [4.69, 9.17) is 18.0 Å². The number of nitrogens with zero attached hydrogens (tertiary/aromatic N) is 2. The minimum atomic E-state index is -0.374. The zero-order valence-electron chi connectivity index (χ0n) is 9.39. The summed E-state index contributed by atoms with van der Waals surface area (Å²) < 4.78 is 17.7. The van der Waals surface area contributed by atoms with Crippen LogP contribution in [0.2, 0.25) is 0 Å². The summed E-state index contributed by atoms with van der Waals surface area (Å²) in [6.07, 6.45) is 1.86. The van der Waals surface area contributed by atoms with E-state index in [9.17, 15) is 4.39 Å². The largest absolute Gasteiger partial charge is 0.389 e. The van der Waals surface area contributed by atoms with Crippen molar-refractivity contribution in [3.63, 3.8) is 0 Å². The maximum absolute atomic E-state index is 13.1. The predicted octanol–water partition coefficient (Wildman–Crippen LogP) is 1.50. The second-order valence-electron chi connectivity index (χ2n) is 3.58. The highest BCUT2D eigenvalue weighted by Crippen LogP contribution is 2.16. The number of halogens is 1. The Morgan fingerprint density at radius 3 is 3.00 bits per heavy atom. The molecule has 0 aliphatic heterocycles. The van der Waals surface area contributed by atoms with Gasteiger partial charge in [0.1, 0.15) is 10.8 Å². The molecular formula is C11H11FN4OS. The second kappa shape index (κ2) is 5.54. The molecule has 0 aliphatic carbocycles. The highest BCUT2D eigenvalue weighted by molar-refractivity contribution is 7.80. The molecule has 0 spiro atoms. The van der Waals surface area contributed by atoms with Gasteiger partial charge in [-0.3, -0.25) is 0 Å². The number of rotatable bonds is 5. The number of hydrogen-bond acceptors (Lipinski definition) is 5. The smallest absolute Gasteiger partial charge is 0.213 e. The molecule has 5 nitrogen and oxygen atoms in total. The van der Waals surface area contributed by atoms with Crippen molar-refractivity contribution in [1.82, 2.24) is 10.1 Å². The average Bonchev–Trinajstić information content (AvgIpc) is 2.84. The van der Waals surface area contributed by atoms with E-state index in [1.54, 1.807) is 6.07 Å². The van der Waals surface area contributed by atoms with Crippen molar-refractivity contribution in [1.29, 1.82) is 0 Å². The van der Waals surface area contributed by atoms with Gasteiger partial charge in [0.2, 0.25) is 6.39 Å². The molecular weight excluding hydrogens is 255 g/mol. The lowest BCUT2D eigenvalue weighted by Crippen LogP contribution is -2.15. The van der Waals surface area contributed by atoms with Crippen LogP contribution in [-0.2, 0) is 6.42 Å². The molecule has 0 amide bonds. The van der Waals surface area contributed by atoms with Crippen LogP contribution in [0.5, 0.6) is 0 Å². The van der Waals surface area contributed by atoms with Gasteiger partial charge in [-0.05, 0) is 18.2 Å². The summed E-state index contributed by atoms with van der Waals surface area (Å²) in [5.41, 5.74) is 6.71. The third-order valence-corrected chi connectivity index (χ3v) is 2.54. The van der Waals surface area contributed by atoms with Crippen molar-refractivity contribution in [2.24, 2.45) is 5.73 Å². The second-order valence-corrected chi connectivity index (χ2v) is 4.02. The van der Waals surface area contributed by atoms with Crippen molar-refractivity contribution >= 4 is 22.9 Å². The van der Waals surface area contributed by atoms with Crippen molar-refractivity contribution in [3.05, 3.63) is 41.8 Å². The molecule has 1 aromatic heterocycles. The molecule has 0 radical (unpaired) electrons. The van der Waals surface area contributed by atoms with Gasteiger partial charge in [-0.2, -0.15) is 4.98 Å². The van der Waals surface area contributed by atoms with Gasteiger partial charge in [-0.15, -0.1) is 0 Å². The highest BCUT2D eigenvalue weighted by atomic mass is 32.1. The Labute approximate surface area is 108 Å². The van der Waals surface area contributed by atoms with Crippen LogP contribution in [0.15, 0.2) is 29.1 Å². The zero-order valence-corrected chi connectivity index (χ0v) is 10.2. The first-order chi connectivity index (χ1) is 8.66. The van der Waals surface area contributed by atoms with Gasteiger partial charge in [0.05, 0.1) is 0 Å². The van der Waals surface area contributed by atoms with Crippen molar-refractivity contribution in [3.8, 4) is 0 Å². The Kier molecular flexibility index (Phi) is 3.83. The number of aromatic nitrogens is 2. The molecule has 1 heterocycles. The number of nitrogens with one attached hydrogen (secondary N) is 1. The maximum atomic E-state index is 13.1. The van der Waals surface area contributed by atoms with E-state index in [-0.39, 0.29) is 10.8 Å². The van der Waals surface area contributed by atoms with Crippen LogP contribution in [0.1, 0.15) is 11.4 Å². The molecule has 0 fully saturated rings. The highest BCUT2D eigenvalue weighted by Gasteiger charge is 2.07. The van der Waals surface area contributed by atoms with Crippen LogP contribution in [0.3, 0.4) is 0 Å². The van der Waals surface area contributed by atoms with Crippen molar-refractivity contribution in [2.45, 2.75) is 6.42 Å². The van der Waals surface area contributed by atoms with Gasteiger partial charge in [0, 0.05) is 24.2 Å². The predicted molar refractivity (Wildman–Crippen MR) is 68.8 cm³/mol. The van der Waals surface area contributed by atoms with Crippen molar-refractivity contribution < 1.29 is 8.91 Å². The SMILES string of the molecule is NC(=S)c1cc(F)ccc1NCCc1ncon1. The topological polar surface area (TPSA) is 77.0 Å². The van der Waals surface area contributed by atoms with E-state index in [0.29, 0.717) is 30.0 Å². The first kappa shape index (κ1) is 12.4. The van der Waals surface area contributed by atoms with Crippen LogP contribution in [0.25, 0.3) is 0 Å². The van der Waals surface area contributed by atoms with Crippen LogP contribution in [0, 0.1) is 5.82 Å². The molecule has 2 aromatic rings. The molecule has 0 saturated heterocycles. The normalized spacial score (nSPS) is 10.3. The van der Waals surface area contributed by atoms with E-state index in [0.717, 1.165) is 0 Å². The molecule has 0 bridgehead atoms. The summed E-state index contributed by atoms with van der Waals surface area (Å²) in [7, 11) is 0. The van der Waals surface area contributed by atoms with Gasteiger partial charge in [0.15, 0.2) is 5.82 Å². The third-order valence-electron chi connectivity index (χ3n) is 2.32. The minimum Gasteiger partial charge on any atom is -0.389 e. The third kappa shape index (κ3) is 3.01. The first-order valence-electron chi connectivity index (χ1n) is 5.25. The standard InChI is InChI=1S/C11H11FN4OS/c12-7-1-2-9(8(5-7)11(13)18)14-4-3-10-15-6-17-16-10/h1-2,5-6,14H,3-4H2,(H2,13,18). The molecule has 94 valence electrons. The average molecular weight is 266 g/mol. The van der Waals surface area contributed by atoms with E-state index < -0.39 is 0 Å². The zero-order chi connectivity index (χ0) is 13.0. The van der Waals surface area contributed by atoms with Gasteiger partial charge >= 0.3 is 0 Å². The number of hydrogen-bond donors (Lipinski definition) is 2. The summed E-state index contributed by atoms with van der Waals surface area (Å²) in [5, 5.41) is 6.79. The first-order valence-corrected chi connectivity index (χ1v) is 5.66. The number of benzene rings is 1. The lowest BCUT2D eigenvalue weighted by Gasteiger charge is -2.10. The Morgan fingerprint density at radius 1 is 1.50 bits per heavy atom. The Morgan fingerprint density at radius 2 is 2.33 bits per heavy atom. The lowest BCUT2D eigenvalue weighted by molar-refractivity contribution is 0.410. The number of nitrogens with two attached hydrogens (primary N) is 1. The molecule has 2 rings (SSSR count). The quantitative estimate of drug-likeness (QED) is 0.799. The summed E-state index contributed by atoms with van der Waals surface area (Å²) in [6, 6.07) is 4.25. The number of thiocarbonyl (C=S) groups is 1. The van der Waals surface area contributed by atoms with E-state index in [2.05, 4.69) is 20.0 Å². The van der Waals surface area contributed by atoms with Crippen LogP contribution in [0.4, 0.5) is 10.1 Å². The Hall–Kier alpha value is -2.02. The van der Waals surface area contributed by atoms with Gasteiger partial charge in [0.25, 0.3) is 0 Å². The van der Waals surface area contributed by atoms with E-state index >= 15 is 0 Å². The number of anilines is 1. The maximum Gasteiger partial charge on any atom is 0.213 e. The monoisotopic (exact) mass is 266 g/mol. The summed E-state index contributed by atoms with van der Waals surface area (Å²) in [6.45, 7) is 0.570. The van der Waals surface area contributed by atoms with Gasteiger partial charge < -0.3 is 15.6 Å². The van der Waals surface area contributed by atoms with Crippen molar-refractivity contribution in [2.75, 3.05) is 11.9 Å². The molecule has 0 atom stereocenters. The fourth-order valence-electron chi connectivity index (χ4n) is 1.49.